The summed E-state index contributed by atoms with van der Waals surface area (Å²) in [4.78, 5) is 0. The Morgan fingerprint density at radius 3 is 2.04 bits per heavy atom. The summed E-state index contributed by atoms with van der Waals surface area (Å²) in [5.74, 6) is 0. The molecule has 0 radical (unpaired) electrons. The van der Waals surface area contributed by atoms with Gasteiger partial charge in [-0.05, 0) is 32.1 Å². The van der Waals surface area contributed by atoms with Crippen molar-refractivity contribution in [2.24, 2.45) is 0 Å². The van der Waals surface area contributed by atoms with E-state index in [0.29, 0.717) is 6.61 Å². The van der Waals surface area contributed by atoms with Gasteiger partial charge in [-0.2, -0.15) is 0 Å². The predicted octanol–water partition coefficient (Wildman–Crippen LogP) is 4.13. The molecule has 3 N–H and O–H groups in total. The molecular weight excluding hydrogens is 356 g/mol. The van der Waals surface area contributed by atoms with Crippen LogP contribution in [0, 0.1) is 0 Å². The third kappa shape index (κ3) is 12.2. The van der Waals surface area contributed by atoms with E-state index in [-0.39, 0.29) is 13.2 Å². The molecule has 1 heterocycles. The summed E-state index contributed by atoms with van der Waals surface area (Å²) >= 11 is 0. The van der Waals surface area contributed by atoms with Crippen molar-refractivity contribution in [3.05, 3.63) is 12.2 Å². The molecule has 1 saturated heterocycles. The molecule has 0 saturated carbocycles. The Balaban J connectivity index is 1.80. The molecule has 5 nitrogen and oxygen atoms in total. The van der Waals surface area contributed by atoms with E-state index >= 15 is 0 Å². The van der Waals surface area contributed by atoms with E-state index in [1.54, 1.807) is 0 Å². The van der Waals surface area contributed by atoms with Crippen molar-refractivity contribution >= 4 is 0 Å². The number of rotatable bonds is 18. The number of unbranched alkanes of at least 4 members (excludes halogenated alkanes) is 11. The van der Waals surface area contributed by atoms with E-state index in [1.807, 2.05) is 0 Å². The van der Waals surface area contributed by atoms with Crippen LogP contribution in [0.15, 0.2) is 12.2 Å². The highest BCUT2D eigenvalue weighted by Gasteiger charge is 2.39. The molecule has 4 atom stereocenters. The molecule has 0 amide bonds. The molecule has 0 aromatic heterocycles. The third-order valence-electron chi connectivity index (χ3n) is 5.41. The maximum Gasteiger partial charge on any atom is 0.114 e. The Bertz CT molecular complexity index is 374. The van der Waals surface area contributed by atoms with Gasteiger partial charge in [0.05, 0.1) is 13.2 Å². The molecular formula is C23H44O5. The molecule has 1 rings (SSSR count). The molecule has 0 aromatic carbocycles. The summed E-state index contributed by atoms with van der Waals surface area (Å²) in [5.41, 5.74) is 0. The Hall–Kier alpha value is -0.460. The quantitative estimate of drug-likeness (QED) is 0.238. The van der Waals surface area contributed by atoms with Gasteiger partial charge in [-0.3, -0.25) is 0 Å². The SMILES string of the molecule is CCCCCCCC/C=C/CCCCCCCOC[C@H](O)[C@@H]1OC[C@@H](O)[C@@H]1O. The molecule has 0 aromatic rings. The topological polar surface area (TPSA) is 79.2 Å². The van der Waals surface area contributed by atoms with Gasteiger partial charge < -0.3 is 24.8 Å². The smallest absolute Gasteiger partial charge is 0.114 e. The normalized spacial score (nSPS) is 23.6. The van der Waals surface area contributed by atoms with Crippen molar-refractivity contribution in [2.45, 2.75) is 115 Å². The molecule has 1 aliphatic heterocycles. The molecule has 1 aliphatic rings. The van der Waals surface area contributed by atoms with Crippen molar-refractivity contribution in [3.8, 4) is 0 Å². The molecule has 166 valence electrons. The summed E-state index contributed by atoms with van der Waals surface area (Å²) in [6, 6.07) is 0. The van der Waals surface area contributed by atoms with Gasteiger partial charge in [0.25, 0.3) is 0 Å². The van der Waals surface area contributed by atoms with Gasteiger partial charge in [0.1, 0.15) is 24.4 Å². The van der Waals surface area contributed by atoms with Crippen LogP contribution in [-0.2, 0) is 9.47 Å². The number of ether oxygens (including phenoxy) is 2. The highest BCUT2D eigenvalue weighted by Crippen LogP contribution is 2.18. The van der Waals surface area contributed by atoms with Crippen molar-refractivity contribution in [3.63, 3.8) is 0 Å². The average molecular weight is 401 g/mol. The lowest BCUT2D eigenvalue weighted by molar-refractivity contribution is -0.0813. The summed E-state index contributed by atoms with van der Waals surface area (Å²) in [6.45, 7) is 3.07. The number of aliphatic hydroxyl groups is 3. The number of aliphatic hydroxyl groups excluding tert-OH is 3. The van der Waals surface area contributed by atoms with Crippen LogP contribution in [-0.4, -0.2) is 59.6 Å². The first-order valence-electron chi connectivity index (χ1n) is 11.5. The second-order valence-corrected chi connectivity index (χ2v) is 8.08. The van der Waals surface area contributed by atoms with E-state index in [0.717, 1.165) is 12.8 Å². The van der Waals surface area contributed by atoms with E-state index in [2.05, 4.69) is 19.1 Å². The lowest BCUT2D eigenvalue weighted by Crippen LogP contribution is -2.40. The minimum atomic E-state index is -1.03. The van der Waals surface area contributed by atoms with Crippen LogP contribution in [0.1, 0.15) is 90.4 Å². The van der Waals surface area contributed by atoms with Crippen LogP contribution in [0.5, 0.6) is 0 Å². The Morgan fingerprint density at radius 1 is 0.893 bits per heavy atom. The zero-order valence-electron chi connectivity index (χ0n) is 17.9. The maximum absolute atomic E-state index is 9.94. The molecule has 0 bridgehead atoms. The van der Waals surface area contributed by atoms with Crippen LogP contribution >= 0.6 is 0 Å². The van der Waals surface area contributed by atoms with Gasteiger partial charge in [-0.25, -0.2) is 0 Å². The van der Waals surface area contributed by atoms with Crippen molar-refractivity contribution in [1.82, 2.24) is 0 Å². The fraction of sp³-hybridized carbons (Fsp3) is 0.913. The molecule has 5 heteroatoms. The van der Waals surface area contributed by atoms with Crippen LogP contribution in [0.4, 0.5) is 0 Å². The molecule has 0 unspecified atom stereocenters. The number of hydrogen-bond acceptors (Lipinski definition) is 5. The van der Waals surface area contributed by atoms with Crippen LogP contribution in [0.25, 0.3) is 0 Å². The third-order valence-corrected chi connectivity index (χ3v) is 5.41. The first-order chi connectivity index (χ1) is 13.7. The lowest BCUT2D eigenvalue weighted by Gasteiger charge is -2.20. The zero-order valence-corrected chi connectivity index (χ0v) is 17.9. The predicted molar refractivity (Wildman–Crippen MR) is 113 cm³/mol. The Morgan fingerprint density at radius 2 is 1.46 bits per heavy atom. The first kappa shape index (κ1) is 25.6. The van der Waals surface area contributed by atoms with E-state index in [9.17, 15) is 15.3 Å². The standard InChI is InChI=1S/C23H44O5/c1-2-3-4-5-6-7-8-9-10-11-12-13-14-15-16-17-27-18-21(25)23-22(26)20(24)19-28-23/h9-10,20-26H,2-8,11-19H2,1H3/b10-9+/t20-,21+,22+,23+/m1/s1. The van der Waals surface area contributed by atoms with Crippen LogP contribution in [0.3, 0.4) is 0 Å². The first-order valence-corrected chi connectivity index (χ1v) is 11.5. The largest absolute Gasteiger partial charge is 0.388 e. The highest BCUT2D eigenvalue weighted by atomic mass is 16.5. The van der Waals surface area contributed by atoms with E-state index in [1.165, 1.54) is 70.6 Å². The minimum absolute atomic E-state index is 0.0666. The van der Waals surface area contributed by atoms with Crippen molar-refractivity contribution in [1.29, 1.82) is 0 Å². The Labute approximate surface area is 172 Å². The maximum atomic E-state index is 9.94. The van der Waals surface area contributed by atoms with Gasteiger partial charge in [0.2, 0.25) is 0 Å². The van der Waals surface area contributed by atoms with E-state index < -0.39 is 24.4 Å². The fourth-order valence-corrected chi connectivity index (χ4v) is 3.54. The summed E-state index contributed by atoms with van der Waals surface area (Å²) in [6.07, 6.45) is 17.6. The van der Waals surface area contributed by atoms with Gasteiger partial charge in [0.15, 0.2) is 0 Å². The van der Waals surface area contributed by atoms with Gasteiger partial charge in [-0.1, -0.05) is 70.4 Å². The highest BCUT2D eigenvalue weighted by molar-refractivity contribution is 4.87. The minimum Gasteiger partial charge on any atom is -0.388 e. The Kier molecular flexibility index (Phi) is 15.9. The monoisotopic (exact) mass is 400 g/mol. The molecule has 0 aliphatic carbocycles. The number of hydrogen-bond donors (Lipinski definition) is 3. The summed E-state index contributed by atoms with van der Waals surface area (Å²) < 4.78 is 10.7. The number of allylic oxidation sites excluding steroid dienone is 2. The fourth-order valence-electron chi connectivity index (χ4n) is 3.54. The second-order valence-electron chi connectivity index (χ2n) is 8.08. The van der Waals surface area contributed by atoms with Crippen LogP contribution < -0.4 is 0 Å². The van der Waals surface area contributed by atoms with Crippen molar-refractivity contribution in [2.75, 3.05) is 19.8 Å². The summed E-state index contributed by atoms with van der Waals surface area (Å²) in [5, 5.41) is 29.0. The van der Waals surface area contributed by atoms with E-state index in [4.69, 9.17) is 9.47 Å². The second kappa shape index (κ2) is 17.4. The zero-order chi connectivity index (χ0) is 20.5. The lowest BCUT2D eigenvalue weighted by atomic mass is 10.1. The average Bonchev–Trinajstić information content (AvgIpc) is 3.03. The van der Waals surface area contributed by atoms with Gasteiger partial charge in [0, 0.05) is 6.61 Å². The molecule has 1 fully saturated rings. The molecule has 0 spiro atoms. The van der Waals surface area contributed by atoms with Crippen molar-refractivity contribution < 1.29 is 24.8 Å². The van der Waals surface area contributed by atoms with Gasteiger partial charge >= 0.3 is 0 Å². The van der Waals surface area contributed by atoms with Gasteiger partial charge in [-0.15, -0.1) is 0 Å². The summed E-state index contributed by atoms with van der Waals surface area (Å²) in [7, 11) is 0. The van der Waals surface area contributed by atoms with Crippen LogP contribution in [0.2, 0.25) is 0 Å². The molecule has 28 heavy (non-hydrogen) atoms.